The van der Waals surface area contributed by atoms with Gasteiger partial charge in [0.25, 0.3) is 5.91 Å². The van der Waals surface area contributed by atoms with Gasteiger partial charge in [0.15, 0.2) is 5.65 Å². The van der Waals surface area contributed by atoms with Crippen molar-refractivity contribution < 1.29 is 4.79 Å². The number of amides is 1. The van der Waals surface area contributed by atoms with Crippen LogP contribution in [0.2, 0.25) is 5.02 Å². The van der Waals surface area contributed by atoms with Gasteiger partial charge < -0.3 is 15.6 Å². The fourth-order valence-electron chi connectivity index (χ4n) is 3.55. The smallest absolute Gasteiger partial charge is 0.251 e. The fourth-order valence-corrected chi connectivity index (χ4v) is 3.92. The third kappa shape index (κ3) is 2.82. The van der Waals surface area contributed by atoms with E-state index in [2.05, 4.69) is 15.3 Å². The van der Waals surface area contributed by atoms with Gasteiger partial charge in [-0.1, -0.05) is 17.7 Å². The molecular formula is C20H22ClN7O. The highest BCUT2D eigenvalue weighted by Gasteiger charge is 2.27. The molecule has 3 N–H and O–H groups in total. The molecule has 0 fully saturated rings. The second kappa shape index (κ2) is 6.45. The molecule has 8 nitrogen and oxygen atoms in total. The number of halogens is 1. The number of benzene rings is 1. The fraction of sp³-hybridized carbons (Fsp3) is 0.300. The van der Waals surface area contributed by atoms with Crippen molar-refractivity contribution in [1.29, 1.82) is 0 Å². The summed E-state index contributed by atoms with van der Waals surface area (Å²) in [4.78, 5) is 20.6. The van der Waals surface area contributed by atoms with E-state index >= 15 is 0 Å². The van der Waals surface area contributed by atoms with Crippen LogP contribution in [0.4, 0.5) is 5.82 Å². The number of anilines is 1. The lowest BCUT2D eigenvalue weighted by molar-refractivity contribution is 0.0963. The molecule has 0 spiro atoms. The number of fused-ring (bicyclic) bond motifs is 2. The lowest BCUT2D eigenvalue weighted by Gasteiger charge is -2.19. The normalized spacial score (nSPS) is 12.1. The zero-order chi connectivity index (χ0) is 21.1. The summed E-state index contributed by atoms with van der Waals surface area (Å²) in [6.07, 6.45) is 1.43. The summed E-state index contributed by atoms with van der Waals surface area (Å²) in [6.45, 7) is 6.13. The van der Waals surface area contributed by atoms with E-state index in [1.165, 1.54) is 6.33 Å². The van der Waals surface area contributed by atoms with Crippen molar-refractivity contribution in [3.63, 3.8) is 0 Å². The average molecular weight is 412 g/mol. The summed E-state index contributed by atoms with van der Waals surface area (Å²) < 4.78 is 3.75. The van der Waals surface area contributed by atoms with Gasteiger partial charge in [0.1, 0.15) is 17.8 Å². The van der Waals surface area contributed by atoms with Crippen molar-refractivity contribution in [2.75, 3.05) is 12.8 Å². The highest BCUT2D eigenvalue weighted by atomic mass is 35.5. The Balaban J connectivity index is 2.08. The molecule has 0 aliphatic rings. The highest BCUT2D eigenvalue weighted by Crippen LogP contribution is 2.41. The van der Waals surface area contributed by atoms with Gasteiger partial charge >= 0.3 is 0 Å². The van der Waals surface area contributed by atoms with Crippen LogP contribution in [0.1, 0.15) is 31.1 Å². The Hall–Kier alpha value is -3.13. The summed E-state index contributed by atoms with van der Waals surface area (Å²) in [5, 5.41) is 9.49. The van der Waals surface area contributed by atoms with Crippen LogP contribution in [0.5, 0.6) is 0 Å². The number of hydrogen-bond acceptors (Lipinski definition) is 5. The second-order valence-electron chi connectivity index (χ2n) is 7.92. The van der Waals surface area contributed by atoms with Crippen molar-refractivity contribution in [2.24, 2.45) is 7.05 Å². The van der Waals surface area contributed by atoms with Gasteiger partial charge in [-0.05, 0) is 32.9 Å². The number of carbonyl (C=O) groups is 1. The van der Waals surface area contributed by atoms with E-state index in [9.17, 15) is 4.79 Å². The number of nitrogens with two attached hydrogens (primary N) is 1. The molecule has 150 valence electrons. The quantitative estimate of drug-likeness (QED) is 0.526. The Labute approximate surface area is 172 Å². The van der Waals surface area contributed by atoms with Crippen LogP contribution in [-0.4, -0.2) is 37.3 Å². The Morgan fingerprint density at radius 1 is 1.24 bits per heavy atom. The van der Waals surface area contributed by atoms with E-state index < -0.39 is 0 Å². The van der Waals surface area contributed by atoms with E-state index in [-0.39, 0.29) is 11.4 Å². The summed E-state index contributed by atoms with van der Waals surface area (Å²) in [6, 6.07) is 5.40. The van der Waals surface area contributed by atoms with Crippen molar-refractivity contribution in [2.45, 2.75) is 26.3 Å². The number of carbonyl (C=O) groups excluding carboxylic acids is 1. The molecule has 0 radical (unpaired) electrons. The van der Waals surface area contributed by atoms with Crippen LogP contribution in [0, 0.1) is 0 Å². The predicted octanol–water partition coefficient (Wildman–Crippen LogP) is 3.34. The maximum Gasteiger partial charge on any atom is 0.251 e. The number of hydrogen-bond donors (Lipinski definition) is 2. The molecule has 4 rings (SSSR count). The molecule has 0 unspecified atom stereocenters. The van der Waals surface area contributed by atoms with Crippen molar-refractivity contribution in [3.8, 4) is 11.4 Å². The molecular weight excluding hydrogens is 390 g/mol. The molecule has 0 saturated heterocycles. The van der Waals surface area contributed by atoms with Crippen molar-refractivity contribution in [1.82, 2.24) is 29.6 Å². The molecule has 4 aromatic rings. The molecule has 29 heavy (non-hydrogen) atoms. The molecule has 0 saturated carbocycles. The molecule has 1 aromatic carbocycles. The molecule has 0 bridgehead atoms. The number of nitrogens with one attached hydrogen (secondary N) is 1. The van der Waals surface area contributed by atoms with Gasteiger partial charge in [-0.3, -0.25) is 4.79 Å². The lowest BCUT2D eigenvalue weighted by atomic mass is 10.1. The van der Waals surface area contributed by atoms with Crippen LogP contribution < -0.4 is 11.1 Å². The molecule has 1 amide bonds. The Kier molecular flexibility index (Phi) is 4.27. The first-order valence-electron chi connectivity index (χ1n) is 9.15. The molecule has 3 heterocycles. The number of rotatable bonds is 2. The molecule has 9 heteroatoms. The van der Waals surface area contributed by atoms with E-state index in [4.69, 9.17) is 22.4 Å². The molecule has 3 aromatic heterocycles. The number of aromatic nitrogens is 5. The van der Waals surface area contributed by atoms with Gasteiger partial charge in [0.2, 0.25) is 0 Å². The topological polar surface area (TPSA) is 104 Å². The number of nitrogens with zero attached hydrogens (tertiary/aromatic N) is 5. The third-order valence-electron chi connectivity index (χ3n) is 4.98. The predicted molar refractivity (Wildman–Crippen MR) is 115 cm³/mol. The van der Waals surface area contributed by atoms with Gasteiger partial charge in [0, 0.05) is 25.0 Å². The minimum Gasteiger partial charge on any atom is -0.383 e. The summed E-state index contributed by atoms with van der Waals surface area (Å²) in [5.41, 5.74) is 9.23. The first kappa shape index (κ1) is 19.2. The Bertz CT molecular complexity index is 1280. The number of nitrogen functional groups attached to an aromatic ring is 1. The van der Waals surface area contributed by atoms with Crippen LogP contribution in [0.25, 0.3) is 33.3 Å². The zero-order valence-electron chi connectivity index (χ0n) is 16.9. The highest BCUT2D eigenvalue weighted by molar-refractivity contribution is 6.39. The largest absolute Gasteiger partial charge is 0.383 e. The standard InChI is InChI=1S/C20H22ClN7O/c1-20(2,3)28-18-13(17(22)24-9-25-18)15(26-28)16-14(21)11-7-6-10(19(29)23-4)8-12(11)27(16)5/h6-9H,1-5H3,(H,23,29)(H2,22,24,25). The van der Waals surface area contributed by atoms with Gasteiger partial charge in [0.05, 0.1) is 27.2 Å². The monoisotopic (exact) mass is 411 g/mol. The average Bonchev–Trinajstić information content (AvgIpc) is 3.18. The zero-order valence-corrected chi connectivity index (χ0v) is 17.7. The third-order valence-corrected chi connectivity index (χ3v) is 5.36. The van der Waals surface area contributed by atoms with Crippen molar-refractivity contribution >= 4 is 45.3 Å². The SMILES string of the molecule is CNC(=O)c1ccc2c(Cl)c(-c3nn(C(C)(C)C)c4ncnc(N)c34)n(C)c2c1. The first-order chi connectivity index (χ1) is 13.6. The lowest BCUT2D eigenvalue weighted by Crippen LogP contribution is -2.23. The minimum absolute atomic E-state index is 0.161. The van der Waals surface area contributed by atoms with Crippen LogP contribution >= 0.6 is 11.6 Å². The van der Waals surface area contributed by atoms with E-state index in [1.807, 2.05) is 49.2 Å². The Morgan fingerprint density at radius 2 is 1.97 bits per heavy atom. The maximum absolute atomic E-state index is 12.1. The maximum atomic E-state index is 12.1. The van der Waals surface area contributed by atoms with Gasteiger partial charge in [-0.25, -0.2) is 14.6 Å². The molecule has 0 atom stereocenters. The van der Waals surface area contributed by atoms with Crippen LogP contribution in [0.3, 0.4) is 0 Å². The Morgan fingerprint density at radius 3 is 2.62 bits per heavy atom. The van der Waals surface area contributed by atoms with E-state index in [1.54, 1.807) is 13.1 Å². The van der Waals surface area contributed by atoms with Crippen molar-refractivity contribution in [3.05, 3.63) is 35.1 Å². The molecule has 0 aliphatic heterocycles. The number of aryl methyl sites for hydroxylation is 1. The van der Waals surface area contributed by atoms with E-state index in [0.717, 1.165) is 10.9 Å². The van der Waals surface area contributed by atoms with E-state index in [0.29, 0.717) is 38.8 Å². The molecule has 0 aliphatic carbocycles. The van der Waals surface area contributed by atoms with Crippen LogP contribution in [0.15, 0.2) is 24.5 Å². The van der Waals surface area contributed by atoms with Gasteiger partial charge in [-0.2, -0.15) is 5.10 Å². The summed E-state index contributed by atoms with van der Waals surface area (Å²) in [7, 11) is 3.49. The summed E-state index contributed by atoms with van der Waals surface area (Å²) in [5.74, 6) is 0.179. The minimum atomic E-state index is -0.319. The first-order valence-corrected chi connectivity index (χ1v) is 9.53. The summed E-state index contributed by atoms with van der Waals surface area (Å²) >= 11 is 6.79. The van der Waals surface area contributed by atoms with Gasteiger partial charge in [-0.15, -0.1) is 0 Å². The second-order valence-corrected chi connectivity index (χ2v) is 8.30. The van der Waals surface area contributed by atoms with Crippen LogP contribution in [-0.2, 0) is 12.6 Å².